The van der Waals surface area contributed by atoms with E-state index in [-0.39, 0.29) is 11.9 Å². The number of aliphatic carboxylic acids is 1. The van der Waals surface area contributed by atoms with Gasteiger partial charge in [-0.1, -0.05) is 43.7 Å². The standard InChI is InChI=1S/C17H23NO3/c1-3-12-9-14(15(10-12)17(20)21)16(19)18-11(2)13-7-5-4-6-8-13/h4-8,11-12,14-15H,3,9-10H2,1-2H3,(H,18,19)(H,20,21)/t11?,12?,14-,15+/m0/s1. The summed E-state index contributed by atoms with van der Waals surface area (Å²) in [4.78, 5) is 23.8. The third-order valence-corrected chi connectivity index (χ3v) is 4.55. The van der Waals surface area contributed by atoms with E-state index in [1.54, 1.807) is 0 Å². The number of carboxylic acids is 1. The average Bonchev–Trinajstić information content (AvgIpc) is 2.92. The molecule has 1 amide bonds. The minimum Gasteiger partial charge on any atom is -0.481 e. The molecule has 4 nitrogen and oxygen atoms in total. The molecule has 4 heteroatoms. The minimum atomic E-state index is -0.849. The molecule has 21 heavy (non-hydrogen) atoms. The maximum Gasteiger partial charge on any atom is 0.307 e. The van der Waals surface area contributed by atoms with E-state index < -0.39 is 17.8 Å². The summed E-state index contributed by atoms with van der Waals surface area (Å²) in [6, 6.07) is 9.61. The van der Waals surface area contributed by atoms with Crippen LogP contribution in [0.2, 0.25) is 0 Å². The molecule has 2 rings (SSSR count). The van der Waals surface area contributed by atoms with Gasteiger partial charge in [0.2, 0.25) is 5.91 Å². The number of hydrogen-bond acceptors (Lipinski definition) is 2. The summed E-state index contributed by atoms with van der Waals surface area (Å²) in [5, 5.41) is 12.3. The topological polar surface area (TPSA) is 66.4 Å². The highest BCUT2D eigenvalue weighted by Crippen LogP contribution is 2.38. The van der Waals surface area contributed by atoms with Crippen LogP contribution in [0.5, 0.6) is 0 Å². The SMILES string of the molecule is CCC1C[C@H](C(=O)NC(C)c2ccccc2)[C@H](C(=O)O)C1. The second-order valence-electron chi connectivity index (χ2n) is 5.94. The average molecular weight is 289 g/mol. The number of nitrogens with one attached hydrogen (secondary N) is 1. The second kappa shape index (κ2) is 6.74. The third-order valence-electron chi connectivity index (χ3n) is 4.55. The smallest absolute Gasteiger partial charge is 0.307 e. The summed E-state index contributed by atoms with van der Waals surface area (Å²) >= 11 is 0. The van der Waals surface area contributed by atoms with Crippen molar-refractivity contribution in [3.8, 4) is 0 Å². The van der Waals surface area contributed by atoms with Crippen LogP contribution in [0.4, 0.5) is 0 Å². The summed E-state index contributed by atoms with van der Waals surface area (Å²) in [5.41, 5.74) is 1.03. The van der Waals surface area contributed by atoms with Crippen LogP contribution in [-0.4, -0.2) is 17.0 Å². The molecule has 0 radical (unpaired) electrons. The molecule has 0 spiro atoms. The van der Waals surface area contributed by atoms with Gasteiger partial charge in [0.25, 0.3) is 0 Å². The molecule has 4 atom stereocenters. The van der Waals surface area contributed by atoms with E-state index in [9.17, 15) is 14.7 Å². The lowest BCUT2D eigenvalue weighted by Crippen LogP contribution is -2.36. The lowest BCUT2D eigenvalue weighted by molar-refractivity contribution is -0.146. The zero-order chi connectivity index (χ0) is 15.4. The fourth-order valence-corrected chi connectivity index (χ4v) is 3.18. The number of carbonyl (C=O) groups excluding carboxylic acids is 1. The van der Waals surface area contributed by atoms with Gasteiger partial charge in [0.15, 0.2) is 0 Å². The fourth-order valence-electron chi connectivity index (χ4n) is 3.18. The van der Waals surface area contributed by atoms with Crippen molar-refractivity contribution in [3.63, 3.8) is 0 Å². The van der Waals surface area contributed by atoms with E-state index in [0.717, 1.165) is 12.0 Å². The predicted octanol–water partition coefficient (Wildman–Crippen LogP) is 3.00. The van der Waals surface area contributed by atoms with Gasteiger partial charge in [-0.15, -0.1) is 0 Å². The third kappa shape index (κ3) is 3.63. The van der Waals surface area contributed by atoms with Crippen molar-refractivity contribution in [2.45, 2.75) is 39.2 Å². The molecule has 2 unspecified atom stereocenters. The second-order valence-corrected chi connectivity index (χ2v) is 5.94. The molecule has 1 aromatic carbocycles. The maximum absolute atomic E-state index is 12.4. The molecular formula is C17H23NO3. The highest BCUT2D eigenvalue weighted by molar-refractivity contribution is 5.85. The zero-order valence-electron chi connectivity index (χ0n) is 12.6. The Morgan fingerprint density at radius 2 is 1.86 bits per heavy atom. The van der Waals surface area contributed by atoms with Crippen molar-refractivity contribution in [2.75, 3.05) is 0 Å². The molecule has 0 aliphatic heterocycles. The van der Waals surface area contributed by atoms with Crippen LogP contribution in [0.15, 0.2) is 30.3 Å². The van der Waals surface area contributed by atoms with Gasteiger partial charge in [0.05, 0.1) is 17.9 Å². The highest BCUT2D eigenvalue weighted by atomic mass is 16.4. The molecule has 1 aliphatic carbocycles. The molecular weight excluding hydrogens is 266 g/mol. The van der Waals surface area contributed by atoms with Crippen LogP contribution in [0.3, 0.4) is 0 Å². The van der Waals surface area contributed by atoms with E-state index in [4.69, 9.17) is 0 Å². The van der Waals surface area contributed by atoms with Crippen LogP contribution in [-0.2, 0) is 9.59 Å². The summed E-state index contributed by atoms with van der Waals surface area (Å²) < 4.78 is 0. The highest BCUT2D eigenvalue weighted by Gasteiger charge is 2.42. The van der Waals surface area contributed by atoms with Crippen LogP contribution in [0.25, 0.3) is 0 Å². The number of benzene rings is 1. The van der Waals surface area contributed by atoms with Crippen molar-refractivity contribution in [3.05, 3.63) is 35.9 Å². The molecule has 0 bridgehead atoms. The normalized spacial score (nSPS) is 26.3. The summed E-state index contributed by atoms with van der Waals surface area (Å²) in [5.74, 6) is -1.58. The number of carbonyl (C=O) groups is 2. The number of rotatable bonds is 5. The Labute approximate surface area is 125 Å². The van der Waals surface area contributed by atoms with Crippen molar-refractivity contribution in [1.82, 2.24) is 5.32 Å². The Morgan fingerprint density at radius 3 is 2.43 bits per heavy atom. The quantitative estimate of drug-likeness (QED) is 0.875. The number of amides is 1. The summed E-state index contributed by atoms with van der Waals surface area (Å²) in [6.45, 7) is 3.98. The van der Waals surface area contributed by atoms with E-state index in [1.807, 2.05) is 37.3 Å². The monoisotopic (exact) mass is 289 g/mol. The summed E-state index contributed by atoms with van der Waals surface area (Å²) in [7, 11) is 0. The van der Waals surface area contributed by atoms with Gasteiger partial charge < -0.3 is 10.4 Å². The van der Waals surface area contributed by atoms with E-state index >= 15 is 0 Å². The lowest BCUT2D eigenvalue weighted by atomic mass is 9.94. The van der Waals surface area contributed by atoms with Crippen molar-refractivity contribution >= 4 is 11.9 Å². The Hall–Kier alpha value is -1.84. The molecule has 0 aromatic heterocycles. The Balaban J connectivity index is 2.03. The fraction of sp³-hybridized carbons (Fsp3) is 0.529. The van der Waals surface area contributed by atoms with Gasteiger partial charge in [-0.05, 0) is 31.2 Å². The van der Waals surface area contributed by atoms with Gasteiger partial charge in [0.1, 0.15) is 0 Å². The van der Waals surface area contributed by atoms with Crippen LogP contribution in [0.1, 0.15) is 44.7 Å². The van der Waals surface area contributed by atoms with Crippen LogP contribution >= 0.6 is 0 Å². The zero-order valence-corrected chi connectivity index (χ0v) is 12.6. The Morgan fingerprint density at radius 1 is 1.24 bits per heavy atom. The minimum absolute atomic E-state index is 0.103. The number of hydrogen-bond donors (Lipinski definition) is 2. The molecule has 2 N–H and O–H groups in total. The Kier molecular flexibility index (Phi) is 4.99. The van der Waals surface area contributed by atoms with E-state index in [2.05, 4.69) is 12.2 Å². The van der Waals surface area contributed by atoms with Gasteiger partial charge in [-0.2, -0.15) is 0 Å². The Bertz CT molecular complexity index is 500. The molecule has 1 aromatic rings. The molecule has 1 aliphatic rings. The molecule has 1 saturated carbocycles. The van der Waals surface area contributed by atoms with Crippen molar-refractivity contribution in [1.29, 1.82) is 0 Å². The molecule has 0 heterocycles. The molecule has 114 valence electrons. The van der Waals surface area contributed by atoms with Gasteiger partial charge in [0, 0.05) is 0 Å². The first-order valence-corrected chi connectivity index (χ1v) is 7.61. The van der Waals surface area contributed by atoms with Crippen LogP contribution < -0.4 is 5.32 Å². The van der Waals surface area contributed by atoms with Crippen molar-refractivity contribution in [2.24, 2.45) is 17.8 Å². The van der Waals surface area contributed by atoms with E-state index in [1.165, 1.54) is 0 Å². The van der Waals surface area contributed by atoms with Gasteiger partial charge in [-0.3, -0.25) is 9.59 Å². The first kappa shape index (κ1) is 15.5. The number of carboxylic acid groups (broad SMARTS) is 1. The van der Waals surface area contributed by atoms with Gasteiger partial charge >= 0.3 is 5.97 Å². The molecule has 0 saturated heterocycles. The lowest BCUT2D eigenvalue weighted by Gasteiger charge is -2.20. The largest absolute Gasteiger partial charge is 0.481 e. The maximum atomic E-state index is 12.4. The predicted molar refractivity (Wildman–Crippen MR) is 80.6 cm³/mol. The van der Waals surface area contributed by atoms with Crippen molar-refractivity contribution < 1.29 is 14.7 Å². The van der Waals surface area contributed by atoms with Crippen LogP contribution in [0, 0.1) is 17.8 Å². The first-order valence-electron chi connectivity index (χ1n) is 7.61. The van der Waals surface area contributed by atoms with E-state index in [0.29, 0.717) is 18.8 Å². The summed E-state index contributed by atoms with van der Waals surface area (Å²) in [6.07, 6.45) is 2.23. The first-order chi connectivity index (χ1) is 10.0. The van der Waals surface area contributed by atoms with Gasteiger partial charge in [-0.25, -0.2) is 0 Å². The molecule has 1 fully saturated rings.